The summed E-state index contributed by atoms with van der Waals surface area (Å²) in [5, 5.41) is 35.1. The first-order valence-corrected chi connectivity index (χ1v) is 6.41. The van der Waals surface area contributed by atoms with Gasteiger partial charge in [-0.3, -0.25) is 25.7 Å². The molecule has 2 rings (SSSR count). The van der Waals surface area contributed by atoms with E-state index in [9.17, 15) is 25.3 Å². The van der Waals surface area contributed by atoms with Gasteiger partial charge in [-0.25, -0.2) is 0 Å². The highest BCUT2D eigenvalue weighted by Gasteiger charge is 2.19. The maximum absolute atomic E-state index is 11.0. The smallest absolute Gasteiger partial charge is 0.301 e. The summed E-state index contributed by atoms with van der Waals surface area (Å²) < 4.78 is 0. The molecular weight excluding hydrogens is 304 g/mol. The number of phenolic OH excluding ortho intramolecular Hbond substituents is 1. The van der Waals surface area contributed by atoms with Crippen LogP contribution in [0.1, 0.15) is 12.5 Å². The van der Waals surface area contributed by atoms with Crippen molar-refractivity contribution in [3.05, 3.63) is 68.3 Å². The van der Waals surface area contributed by atoms with Crippen LogP contribution in [0.5, 0.6) is 5.75 Å². The van der Waals surface area contributed by atoms with Crippen molar-refractivity contribution in [1.82, 2.24) is 0 Å². The van der Waals surface area contributed by atoms with Crippen molar-refractivity contribution in [3.8, 4) is 5.75 Å². The summed E-state index contributed by atoms with van der Waals surface area (Å²) in [6, 6.07) is 9.57. The summed E-state index contributed by atoms with van der Waals surface area (Å²) >= 11 is 0. The minimum absolute atomic E-state index is 0.0279. The molecule has 0 aromatic heterocycles. The van der Waals surface area contributed by atoms with Crippen LogP contribution in [-0.2, 0) is 0 Å². The molecule has 23 heavy (non-hydrogen) atoms. The number of non-ortho nitro benzene ring substituents is 1. The Morgan fingerprint density at radius 2 is 1.87 bits per heavy atom. The van der Waals surface area contributed by atoms with E-state index in [2.05, 4.69) is 10.5 Å². The fraction of sp³-hybridized carbons (Fsp3) is 0.0714. The van der Waals surface area contributed by atoms with Gasteiger partial charge in [0.05, 0.1) is 21.6 Å². The van der Waals surface area contributed by atoms with Gasteiger partial charge in [0.15, 0.2) is 0 Å². The molecule has 9 nitrogen and oxygen atoms in total. The molecule has 9 heteroatoms. The van der Waals surface area contributed by atoms with Gasteiger partial charge in [-0.05, 0) is 25.1 Å². The molecule has 0 fully saturated rings. The molecular formula is C14H12N4O5. The molecule has 2 aromatic rings. The van der Waals surface area contributed by atoms with Gasteiger partial charge in [-0.2, -0.15) is 5.10 Å². The molecule has 0 aliphatic heterocycles. The molecule has 0 heterocycles. The fourth-order valence-electron chi connectivity index (χ4n) is 1.82. The van der Waals surface area contributed by atoms with E-state index >= 15 is 0 Å². The zero-order chi connectivity index (χ0) is 17.0. The van der Waals surface area contributed by atoms with Crippen LogP contribution in [0.15, 0.2) is 47.6 Å². The van der Waals surface area contributed by atoms with Gasteiger partial charge in [-0.1, -0.05) is 12.1 Å². The molecule has 0 amide bonds. The maximum atomic E-state index is 11.0. The first-order valence-electron chi connectivity index (χ1n) is 6.41. The summed E-state index contributed by atoms with van der Waals surface area (Å²) in [5.74, 6) is 0.0679. The lowest BCUT2D eigenvalue weighted by Gasteiger charge is -2.05. The van der Waals surface area contributed by atoms with Gasteiger partial charge in [-0.15, -0.1) is 0 Å². The van der Waals surface area contributed by atoms with Crippen LogP contribution in [0.2, 0.25) is 0 Å². The van der Waals surface area contributed by atoms with Gasteiger partial charge >= 0.3 is 5.69 Å². The number of nitro groups is 2. The van der Waals surface area contributed by atoms with Crippen LogP contribution in [0, 0.1) is 20.2 Å². The molecule has 0 atom stereocenters. The highest BCUT2D eigenvalue weighted by atomic mass is 16.6. The highest BCUT2D eigenvalue weighted by molar-refractivity contribution is 5.99. The summed E-state index contributed by atoms with van der Waals surface area (Å²) in [4.78, 5) is 20.3. The molecule has 0 saturated carbocycles. The molecule has 118 valence electrons. The Morgan fingerprint density at radius 1 is 1.13 bits per heavy atom. The number of phenols is 1. The topological polar surface area (TPSA) is 131 Å². The molecule has 0 aliphatic rings. The standard InChI is InChI=1S/C14H12N4O5/c1-9(10-3-2-4-12(19)7-10)15-16-13-6-5-11(17(20)21)8-14(13)18(22)23/h2-8,16,19H,1H3/b15-9+. The summed E-state index contributed by atoms with van der Waals surface area (Å²) in [6.07, 6.45) is 0. The van der Waals surface area contributed by atoms with E-state index in [4.69, 9.17) is 0 Å². The van der Waals surface area contributed by atoms with E-state index in [0.717, 1.165) is 12.1 Å². The Hall–Kier alpha value is -3.49. The zero-order valence-corrected chi connectivity index (χ0v) is 12.0. The van der Waals surface area contributed by atoms with Crippen LogP contribution in [0.4, 0.5) is 17.1 Å². The number of nitrogens with zero attached hydrogens (tertiary/aromatic N) is 3. The molecule has 0 unspecified atom stereocenters. The van der Waals surface area contributed by atoms with Crippen molar-refractivity contribution >= 4 is 22.8 Å². The van der Waals surface area contributed by atoms with E-state index < -0.39 is 15.5 Å². The quantitative estimate of drug-likeness (QED) is 0.495. The number of hydrogen-bond acceptors (Lipinski definition) is 7. The minimum Gasteiger partial charge on any atom is -0.508 e. The Morgan fingerprint density at radius 3 is 2.48 bits per heavy atom. The van der Waals surface area contributed by atoms with Gasteiger partial charge in [0.25, 0.3) is 5.69 Å². The molecule has 0 bridgehead atoms. The largest absolute Gasteiger partial charge is 0.508 e. The fourth-order valence-corrected chi connectivity index (χ4v) is 1.82. The summed E-state index contributed by atoms with van der Waals surface area (Å²) in [5.41, 5.74) is 2.82. The van der Waals surface area contributed by atoms with Crippen molar-refractivity contribution in [1.29, 1.82) is 0 Å². The molecule has 2 aromatic carbocycles. The first kappa shape index (κ1) is 15.9. The lowest BCUT2D eigenvalue weighted by molar-refractivity contribution is -0.393. The number of benzene rings is 2. The molecule has 0 saturated heterocycles. The number of rotatable bonds is 5. The minimum atomic E-state index is -0.728. The first-order chi connectivity index (χ1) is 10.9. The lowest BCUT2D eigenvalue weighted by Crippen LogP contribution is -2.02. The van der Waals surface area contributed by atoms with Crippen LogP contribution in [-0.4, -0.2) is 20.7 Å². The van der Waals surface area contributed by atoms with Crippen LogP contribution in [0.25, 0.3) is 0 Å². The van der Waals surface area contributed by atoms with Crippen LogP contribution in [0.3, 0.4) is 0 Å². The predicted octanol–water partition coefficient (Wildman–Crippen LogP) is 3.04. The monoisotopic (exact) mass is 316 g/mol. The van der Waals surface area contributed by atoms with Gasteiger partial charge < -0.3 is 5.11 Å². The number of hydrogen-bond donors (Lipinski definition) is 2. The van der Waals surface area contributed by atoms with Crippen molar-refractivity contribution in [2.24, 2.45) is 5.10 Å². The molecule has 0 spiro atoms. The number of nitro benzene ring substituents is 2. The van der Waals surface area contributed by atoms with Crippen molar-refractivity contribution < 1.29 is 15.0 Å². The number of nitrogens with one attached hydrogen (secondary N) is 1. The van der Waals surface area contributed by atoms with Gasteiger partial charge in [0.2, 0.25) is 0 Å². The number of aromatic hydroxyl groups is 1. The summed E-state index contributed by atoms with van der Waals surface area (Å²) in [6.45, 7) is 1.65. The van der Waals surface area contributed by atoms with E-state index in [1.807, 2.05) is 0 Å². The normalized spacial score (nSPS) is 11.1. The average Bonchev–Trinajstić information content (AvgIpc) is 2.52. The third-order valence-electron chi connectivity index (χ3n) is 3.00. The van der Waals surface area contributed by atoms with Crippen molar-refractivity contribution in [2.45, 2.75) is 6.92 Å². The second-order valence-electron chi connectivity index (χ2n) is 4.58. The SMILES string of the molecule is C/C(=N\Nc1ccc([N+](=O)[O-])cc1[N+](=O)[O-])c1cccc(O)c1. The Bertz CT molecular complexity index is 804. The van der Waals surface area contributed by atoms with Crippen molar-refractivity contribution in [2.75, 3.05) is 5.43 Å². The second kappa shape index (κ2) is 6.52. The van der Waals surface area contributed by atoms with E-state index in [1.54, 1.807) is 19.1 Å². The molecule has 2 N–H and O–H groups in total. The van der Waals surface area contributed by atoms with E-state index in [0.29, 0.717) is 11.3 Å². The average molecular weight is 316 g/mol. The van der Waals surface area contributed by atoms with Crippen molar-refractivity contribution in [3.63, 3.8) is 0 Å². The highest BCUT2D eigenvalue weighted by Crippen LogP contribution is 2.29. The summed E-state index contributed by atoms with van der Waals surface area (Å²) in [7, 11) is 0. The van der Waals surface area contributed by atoms with Gasteiger partial charge in [0.1, 0.15) is 11.4 Å². The van der Waals surface area contributed by atoms with Crippen LogP contribution >= 0.6 is 0 Å². The lowest BCUT2D eigenvalue weighted by atomic mass is 10.1. The third-order valence-corrected chi connectivity index (χ3v) is 3.00. The zero-order valence-electron chi connectivity index (χ0n) is 12.0. The Kier molecular flexibility index (Phi) is 4.50. The Balaban J connectivity index is 2.31. The Labute approximate surface area is 130 Å². The molecule has 0 radical (unpaired) electrons. The third kappa shape index (κ3) is 3.79. The van der Waals surface area contributed by atoms with Gasteiger partial charge in [0, 0.05) is 11.6 Å². The predicted molar refractivity (Wildman–Crippen MR) is 83.7 cm³/mol. The number of anilines is 1. The van der Waals surface area contributed by atoms with E-state index in [-0.39, 0.29) is 17.1 Å². The molecule has 0 aliphatic carbocycles. The van der Waals surface area contributed by atoms with E-state index in [1.165, 1.54) is 18.2 Å². The second-order valence-corrected chi connectivity index (χ2v) is 4.58. The van der Waals surface area contributed by atoms with Crippen LogP contribution < -0.4 is 5.43 Å². The maximum Gasteiger partial charge on any atom is 0.301 e. The number of hydrazone groups is 1.